The van der Waals surface area contributed by atoms with E-state index in [0.29, 0.717) is 24.7 Å². The highest BCUT2D eigenvalue weighted by Crippen LogP contribution is 2.26. The molecule has 3 saturated heterocycles. The van der Waals surface area contributed by atoms with Crippen molar-refractivity contribution >= 4 is 11.9 Å². The van der Waals surface area contributed by atoms with Gasteiger partial charge in [0.1, 0.15) is 0 Å². The van der Waals surface area contributed by atoms with Crippen LogP contribution in [0.2, 0.25) is 0 Å². The van der Waals surface area contributed by atoms with Crippen LogP contribution in [0, 0.1) is 6.92 Å². The number of amides is 3. The predicted octanol–water partition coefficient (Wildman–Crippen LogP) is 4.03. The zero-order valence-electron chi connectivity index (χ0n) is 23.5. The molecule has 204 valence electrons. The van der Waals surface area contributed by atoms with Gasteiger partial charge >= 0.3 is 6.03 Å². The van der Waals surface area contributed by atoms with E-state index in [9.17, 15) is 9.59 Å². The van der Waals surface area contributed by atoms with E-state index in [1.165, 1.54) is 31.5 Å². The summed E-state index contributed by atoms with van der Waals surface area (Å²) in [6.07, 6.45) is 4.31. The summed E-state index contributed by atoms with van der Waals surface area (Å²) < 4.78 is 0. The fourth-order valence-electron chi connectivity index (χ4n) is 6.31. The fourth-order valence-corrected chi connectivity index (χ4v) is 6.31. The molecule has 0 bridgehead atoms. The van der Waals surface area contributed by atoms with Gasteiger partial charge in [-0.2, -0.15) is 0 Å². The van der Waals surface area contributed by atoms with E-state index < -0.39 is 0 Å². The van der Waals surface area contributed by atoms with Gasteiger partial charge in [0.05, 0.1) is 6.04 Å². The van der Waals surface area contributed by atoms with Gasteiger partial charge in [-0.1, -0.05) is 42.0 Å². The number of likely N-dealkylation sites (tertiary alicyclic amines) is 3. The van der Waals surface area contributed by atoms with Gasteiger partial charge in [-0.25, -0.2) is 4.79 Å². The molecule has 7 nitrogen and oxygen atoms in total. The number of rotatable bonds is 5. The minimum absolute atomic E-state index is 0.0117. The first-order chi connectivity index (χ1) is 18.3. The van der Waals surface area contributed by atoms with E-state index in [1.807, 2.05) is 53.1 Å². The highest BCUT2D eigenvalue weighted by atomic mass is 16.2. The third-order valence-corrected chi connectivity index (χ3v) is 9.07. The Morgan fingerprint density at radius 3 is 1.97 bits per heavy atom. The number of hydrogen-bond acceptors (Lipinski definition) is 4. The fraction of sp³-hybridized carbons (Fsp3) is 0.548. The first kappa shape index (κ1) is 26.7. The smallest absolute Gasteiger partial charge is 0.320 e. The maximum absolute atomic E-state index is 13.4. The summed E-state index contributed by atoms with van der Waals surface area (Å²) in [5.41, 5.74) is 4.17. The van der Waals surface area contributed by atoms with Crippen molar-refractivity contribution in [3.05, 3.63) is 59.7 Å². The van der Waals surface area contributed by atoms with Crippen LogP contribution >= 0.6 is 0 Å². The molecule has 2 atom stereocenters. The number of carbonyl (C=O) groups is 2. The van der Waals surface area contributed by atoms with Crippen molar-refractivity contribution in [1.29, 1.82) is 0 Å². The van der Waals surface area contributed by atoms with Gasteiger partial charge in [-0.05, 0) is 76.0 Å². The van der Waals surface area contributed by atoms with E-state index in [1.54, 1.807) is 0 Å². The van der Waals surface area contributed by atoms with E-state index in [-0.39, 0.29) is 24.0 Å². The third kappa shape index (κ3) is 5.74. The molecule has 3 heterocycles. The van der Waals surface area contributed by atoms with Gasteiger partial charge in [0.25, 0.3) is 5.91 Å². The van der Waals surface area contributed by atoms with Crippen LogP contribution in [0.15, 0.2) is 48.5 Å². The molecule has 0 aliphatic carbocycles. The SMILES string of the molecule is Cc1ccc(-c2ccc(C(=O)N(C)C3CCN(C(=O)N(C)C4CCN(C5CCN(C)CC5)C4)C3)cc2)cc1. The number of aryl methyl sites for hydroxylation is 1. The van der Waals surface area contributed by atoms with Crippen LogP contribution in [-0.4, -0.2) is 115 Å². The normalized spacial score (nSPS) is 23.1. The highest BCUT2D eigenvalue weighted by Gasteiger charge is 2.37. The summed E-state index contributed by atoms with van der Waals surface area (Å²) in [6, 6.07) is 17.3. The quantitative estimate of drug-likeness (QED) is 0.601. The van der Waals surface area contributed by atoms with Gasteiger partial charge in [-0.15, -0.1) is 0 Å². The molecular formula is C31H43N5O2. The molecule has 38 heavy (non-hydrogen) atoms. The maximum atomic E-state index is 13.4. The Morgan fingerprint density at radius 2 is 1.32 bits per heavy atom. The lowest BCUT2D eigenvalue weighted by atomic mass is 10.0. The summed E-state index contributed by atoms with van der Waals surface area (Å²) >= 11 is 0. The monoisotopic (exact) mass is 517 g/mol. The van der Waals surface area contributed by atoms with Gasteiger partial charge in [0.2, 0.25) is 0 Å². The summed E-state index contributed by atoms with van der Waals surface area (Å²) in [5.74, 6) is 0.0117. The van der Waals surface area contributed by atoms with Crippen LogP contribution in [0.25, 0.3) is 11.1 Å². The van der Waals surface area contributed by atoms with E-state index in [0.717, 1.165) is 37.1 Å². The molecule has 3 aliphatic heterocycles. The number of benzene rings is 2. The Hall–Kier alpha value is -2.90. The molecule has 3 aliphatic rings. The number of urea groups is 1. The van der Waals surface area contributed by atoms with Crippen molar-refractivity contribution in [2.75, 3.05) is 60.4 Å². The van der Waals surface area contributed by atoms with E-state index in [2.05, 4.69) is 48.0 Å². The number of nitrogens with zero attached hydrogens (tertiary/aromatic N) is 5. The Labute approximate surface area is 228 Å². The first-order valence-corrected chi connectivity index (χ1v) is 14.2. The second-order valence-corrected chi connectivity index (χ2v) is 11.6. The van der Waals surface area contributed by atoms with E-state index in [4.69, 9.17) is 0 Å². The number of carbonyl (C=O) groups excluding carboxylic acids is 2. The lowest BCUT2D eigenvalue weighted by molar-refractivity contribution is 0.0733. The van der Waals surface area contributed by atoms with Crippen molar-refractivity contribution in [1.82, 2.24) is 24.5 Å². The van der Waals surface area contributed by atoms with Gasteiger partial charge in [0, 0.05) is 57.9 Å². The first-order valence-electron chi connectivity index (χ1n) is 14.2. The number of piperidine rings is 1. The van der Waals surface area contributed by atoms with Gasteiger partial charge in [0.15, 0.2) is 0 Å². The summed E-state index contributed by atoms with van der Waals surface area (Å²) in [6.45, 7) is 7.76. The molecule has 5 rings (SSSR count). The van der Waals surface area contributed by atoms with E-state index >= 15 is 0 Å². The molecule has 7 heteroatoms. The lowest BCUT2D eigenvalue weighted by Gasteiger charge is -2.36. The topological polar surface area (TPSA) is 50.3 Å². The van der Waals surface area contributed by atoms with Crippen molar-refractivity contribution < 1.29 is 9.59 Å². The average molecular weight is 518 g/mol. The second-order valence-electron chi connectivity index (χ2n) is 11.6. The molecule has 3 amide bonds. The van der Waals surface area contributed by atoms with Crippen LogP contribution < -0.4 is 0 Å². The number of hydrogen-bond donors (Lipinski definition) is 0. The van der Waals surface area contributed by atoms with Crippen molar-refractivity contribution in [2.45, 2.75) is 50.7 Å². The van der Waals surface area contributed by atoms with Crippen molar-refractivity contribution in [3.8, 4) is 11.1 Å². The third-order valence-electron chi connectivity index (χ3n) is 9.07. The van der Waals surface area contributed by atoms with Gasteiger partial charge in [-0.3, -0.25) is 9.69 Å². The van der Waals surface area contributed by atoms with Crippen LogP contribution in [0.1, 0.15) is 41.6 Å². The molecule has 3 fully saturated rings. The predicted molar refractivity (Wildman–Crippen MR) is 152 cm³/mol. The second kappa shape index (κ2) is 11.5. The summed E-state index contributed by atoms with van der Waals surface area (Å²) in [5, 5.41) is 0. The van der Waals surface area contributed by atoms with Crippen LogP contribution in [0.4, 0.5) is 4.79 Å². The zero-order valence-corrected chi connectivity index (χ0v) is 23.5. The molecule has 0 aromatic heterocycles. The highest BCUT2D eigenvalue weighted by molar-refractivity contribution is 5.95. The minimum Gasteiger partial charge on any atom is -0.337 e. The minimum atomic E-state index is 0.0117. The summed E-state index contributed by atoms with van der Waals surface area (Å²) in [7, 11) is 6.03. The average Bonchev–Trinajstić information content (AvgIpc) is 3.63. The Balaban J connectivity index is 1.13. The lowest BCUT2D eigenvalue weighted by Crippen LogP contribution is -2.48. The largest absolute Gasteiger partial charge is 0.337 e. The Morgan fingerprint density at radius 1 is 0.737 bits per heavy atom. The standard InChI is InChI=1S/C31H43N5O2/c1-23-5-7-24(8-6-23)25-9-11-26(12-10-25)30(37)33(3)28-16-20-36(22-28)31(38)34(4)29-15-19-35(21-29)27-13-17-32(2)18-14-27/h5-12,27-29H,13-22H2,1-4H3. The Bertz CT molecular complexity index is 1110. The van der Waals surface area contributed by atoms with Crippen LogP contribution in [0.3, 0.4) is 0 Å². The van der Waals surface area contributed by atoms with Crippen LogP contribution in [-0.2, 0) is 0 Å². The van der Waals surface area contributed by atoms with Crippen molar-refractivity contribution in [3.63, 3.8) is 0 Å². The molecule has 0 radical (unpaired) electrons. The van der Waals surface area contributed by atoms with Crippen LogP contribution in [0.5, 0.6) is 0 Å². The molecule has 0 N–H and O–H groups in total. The molecule has 2 unspecified atom stereocenters. The molecule has 0 spiro atoms. The maximum Gasteiger partial charge on any atom is 0.320 e. The number of likely N-dealkylation sites (N-methyl/N-ethyl adjacent to an activating group) is 2. The Kier molecular flexibility index (Phi) is 8.05. The van der Waals surface area contributed by atoms with Crippen molar-refractivity contribution in [2.24, 2.45) is 0 Å². The van der Waals surface area contributed by atoms with Gasteiger partial charge < -0.3 is 19.6 Å². The molecular weight excluding hydrogens is 474 g/mol. The molecule has 0 saturated carbocycles. The molecule has 2 aromatic rings. The summed E-state index contributed by atoms with van der Waals surface area (Å²) in [4.78, 5) is 37.4. The zero-order chi connectivity index (χ0) is 26.8. The molecule has 2 aromatic carbocycles.